The molecule has 2 aromatic rings. The van der Waals surface area contributed by atoms with Crippen LogP contribution in [0, 0.1) is 0 Å². The molecule has 0 saturated carbocycles. The maximum atomic E-state index is 12.9. The number of quaternary nitrogens is 1. The smallest absolute Gasteiger partial charge is 0.282 e. The van der Waals surface area contributed by atoms with Crippen molar-refractivity contribution in [2.45, 2.75) is 10.7 Å². The van der Waals surface area contributed by atoms with E-state index in [-0.39, 0.29) is 17.2 Å². The third-order valence-corrected chi connectivity index (χ3v) is 6.61. The minimum absolute atomic E-state index is 0.0190. The molecule has 7 nitrogen and oxygen atoms in total. The highest BCUT2D eigenvalue weighted by molar-refractivity contribution is 7.90. The molecule has 29 heavy (non-hydrogen) atoms. The summed E-state index contributed by atoms with van der Waals surface area (Å²) in [5, 5.41) is 21.1. The van der Waals surface area contributed by atoms with Crippen LogP contribution in [-0.2, 0) is 20.5 Å². The largest absolute Gasteiger partial charge is 0.391 e. The van der Waals surface area contributed by atoms with Gasteiger partial charge in [-0.25, -0.2) is 0 Å². The molecule has 0 aromatic heterocycles. The molecule has 1 aliphatic heterocycles. The summed E-state index contributed by atoms with van der Waals surface area (Å²) in [7, 11) is -4.00. The van der Waals surface area contributed by atoms with Gasteiger partial charge in [-0.2, -0.15) is 12.8 Å². The van der Waals surface area contributed by atoms with Gasteiger partial charge in [-0.3, -0.25) is 4.90 Å². The standard InChI is InChI=1S/C20H19ClN2O5S/c21-14-5-7-15(8-6-14)29(26,27)22-18-13-19-20(25,17-4-2-1-3-16(17)18)28-12-10-23(19)9-11-24/h1-8,13,24-25H,9-12H2/p+1/t20-/m1/s1. The number of allylic oxidation sites excluding steroid dienone is 1. The number of sulfonamides is 1. The molecular weight excluding hydrogens is 416 g/mol. The molecule has 1 heterocycles. The molecule has 9 heteroatoms. The number of hydrogen-bond donors (Lipinski definition) is 3. The van der Waals surface area contributed by atoms with E-state index in [1.54, 1.807) is 30.3 Å². The fourth-order valence-corrected chi connectivity index (χ4v) is 4.79. The zero-order chi connectivity index (χ0) is 20.6. The van der Waals surface area contributed by atoms with Gasteiger partial charge in [-0.15, -0.1) is 0 Å². The Morgan fingerprint density at radius 2 is 1.90 bits per heavy atom. The van der Waals surface area contributed by atoms with Gasteiger partial charge in [0.25, 0.3) is 15.8 Å². The highest BCUT2D eigenvalue weighted by Gasteiger charge is 2.49. The van der Waals surface area contributed by atoms with E-state index in [1.165, 1.54) is 24.3 Å². The lowest BCUT2D eigenvalue weighted by molar-refractivity contribution is -0.882. The van der Waals surface area contributed by atoms with Gasteiger partial charge in [-0.1, -0.05) is 35.9 Å². The van der Waals surface area contributed by atoms with E-state index >= 15 is 0 Å². The first-order valence-electron chi connectivity index (χ1n) is 9.10. The molecule has 0 bridgehead atoms. The summed E-state index contributed by atoms with van der Waals surface area (Å²) in [5.41, 5.74) is 1.54. The molecule has 0 amide bonds. The normalized spacial score (nSPS) is 25.3. The summed E-state index contributed by atoms with van der Waals surface area (Å²) in [6.07, 6.45) is 1.54. The Morgan fingerprint density at radius 3 is 2.62 bits per heavy atom. The van der Waals surface area contributed by atoms with Crippen molar-refractivity contribution in [3.05, 3.63) is 76.5 Å². The number of hydrogen-bond acceptors (Lipinski definition) is 5. The van der Waals surface area contributed by atoms with Crippen LogP contribution >= 0.6 is 11.6 Å². The topological polar surface area (TPSA) is 101 Å². The third kappa shape index (κ3) is 3.63. The Bertz CT molecular complexity index is 1100. The molecule has 2 atom stereocenters. The summed E-state index contributed by atoms with van der Waals surface area (Å²) >= 11 is 5.85. The Hall–Kier alpha value is -2.07. The van der Waals surface area contributed by atoms with Crippen LogP contribution in [0.1, 0.15) is 11.1 Å². The van der Waals surface area contributed by atoms with Gasteiger partial charge in [0.1, 0.15) is 19.7 Å². The maximum Gasteiger partial charge on any atom is 0.282 e. The number of benzene rings is 2. The van der Waals surface area contributed by atoms with Gasteiger partial charge in [0.05, 0.1) is 17.2 Å². The lowest BCUT2D eigenvalue weighted by atomic mass is 9.86. The minimum Gasteiger partial charge on any atom is -0.391 e. The molecule has 152 valence electrons. The van der Waals surface area contributed by atoms with E-state index in [0.29, 0.717) is 41.5 Å². The number of morpholine rings is 1. The monoisotopic (exact) mass is 435 g/mol. The van der Waals surface area contributed by atoms with Gasteiger partial charge in [-0.05, 0) is 24.3 Å². The van der Waals surface area contributed by atoms with Crippen LogP contribution in [-0.4, -0.2) is 50.6 Å². The number of fused-ring (bicyclic) bond motifs is 3. The number of halogens is 1. The van der Waals surface area contributed by atoms with E-state index in [2.05, 4.69) is 4.40 Å². The zero-order valence-corrected chi connectivity index (χ0v) is 16.9. The highest BCUT2D eigenvalue weighted by atomic mass is 35.5. The predicted octanol–water partition coefficient (Wildman–Crippen LogP) is 0.468. The molecule has 1 aliphatic carbocycles. The number of ether oxygens (including phenoxy) is 1. The number of aliphatic hydroxyl groups excluding tert-OH is 1. The van der Waals surface area contributed by atoms with E-state index in [9.17, 15) is 18.6 Å². The molecule has 1 saturated heterocycles. The fourth-order valence-electron chi connectivity index (χ4n) is 3.67. The number of nitrogens with zero attached hydrogens (tertiary/aromatic N) is 1. The predicted molar refractivity (Wildman–Crippen MR) is 107 cm³/mol. The molecule has 0 spiro atoms. The fraction of sp³-hybridized carbons (Fsp3) is 0.250. The van der Waals surface area contributed by atoms with Crippen LogP contribution in [0.3, 0.4) is 0 Å². The van der Waals surface area contributed by atoms with Gasteiger partial charge in [0, 0.05) is 22.2 Å². The summed E-state index contributed by atoms with van der Waals surface area (Å²) in [4.78, 5) is 0.831. The first kappa shape index (κ1) is 20.2. The summed E-state index contributed by atoms with van der Waals surface area (Å²) in [6.45, 7) is 1.11. The van der Waals surface area contributed by atoms with Crippen molar-refractivity contribution < 1.29 is 28.3 Å². The van der Waals surface area contributed by atoms with Crippen molar-refractivity contribution in [2.75, 3.05) is 26.3 Å². The van der Waals surface area contributed by atoms with Crippen LogP contribution in [0.15, 0.2) is 69.6 Å². The van der Waals surface area contributed by atoms with Crippen molar-refractivity contribution in [1.82, 2.24) is 0 Å². The van der Waals surface area contributed by atoms with Gasteiger partial charge < -0.3 is 14.9 Å². The second-order valence-corrected chi connectivity index (χ2v) is 8.87. The summed E-state index contributed by atoms with van der Waals surface area (Å²) < 4.78 is 35.5. The van der Waals surface area contributed by atoms with Crippen LogP contribution in [0.4, 0.5) is 0 Å². The van der Waals surface area contributed by atoms with Gasteiger partial charge in [0.2, 0.25) is 0 Å². The van der Waals surface area contributed by atoms with Crippen molar-refractivity contribution in [2.24, 2.45) is 4.40 Å². The first-order valence-corrected chi connectivity index (χ1v) is 10.9. The molecular formula is C20H20ClN2O5S+. The van der Waals surface area contributed by atoms with Crippen molar-refractivity contribution in [3.8, 4) is 0 Å². The van der Waals surface area contributed by atoms with Crippen LogP contribution in [0.2, 0.25) is 5.02 Å². The first-order chi connectivity index (χ1) is 13.8. The third-order valence-electron chi connectivity index (χ3n) is 5.05. The average Bonchev–Trinajstić information content (AvgIpc) is 2.70. The van der Waals surface area contributed by atoms with E-state index in [4.69, 9.17) is 16.3 Å². The van der Waals surface area contributed by atoms with Crippen molar-refractivity contribution in [3.63, 3.8) is 0 Å². The Labute approximate surface area is 173 Å². The molecule has 3 N–H and O–H groups in total. The average molecular weight is 436 g/mol. The SMILES string of the molecule is O=S(=O)(N=C1C=C2[NH+](CCO)CCO[C@]2(O)c2ccccc21)c1ccc(Cl)cc1. The van der Waals surface area contributed by atoms with Crippen molar-refractivity contribution >= 4 is 27.3 Å². The Balaban J connectivity index is 1.88. The van der Waals surface area contributed by atoms with Crippen molar-refractivity contribution in [1.29, 1.82) is 0 Å². The second-order valence-electron chi connectivity index (χ2n) is 6.83. The lowest BCUT2D eigenvalue weighted by Gasteiger charge is -2.41. The van der Waals surface area contributed by atoms with E-state index in [1.807, 2.05) is 0 Å². The quantitative estimate of drug-likeness (QED) is 0.648. The Kier molecular flexibility index (Phi) is 5.32. The molecule has 1 unspecified atom stereocenters. The Morgan fingerprint density at radius 1 is 1.17 bits per heavy atom. The van der Waals surface area contributed by atoms with Crippen LogP contribution in [0.5, 0.6) is 0 Å². The van der Waals surface area contributed by atoms with Crippen LogP contribution in [0.25, 0.3) is 0 Å². The number of aliphatic hydroxyl groups is 2. The zero-order valence-electron chi connectivity index (χ0n) is 15.4. The van der Waals surface area contributed by atoms with Gasteiger partial charge in [0.15, 0.2) is 5.70 Å². The summed E-state index contributed by atoms with van der Waals surface area (Å²) in [5.74, 6) is -1.69. The van der Waals surface area contributed by atoms with E-state index in [0.717, 1.165) is 4.90 Å². The molecule has 4 rings (SSSR count). The molecule has 2 aromatic carbocycles. The number of rotatable bonds is 4. The maximum absolute atomic E-state index is 12.9. The molecule has 2 aliphatic rings. The van der Waals surface area contributed by atoms with Gasteiger partial charge >= 0.3 is 0 Å². The lowest BCUT2D eigenvalue weighted by Crippen LogP contribution is -3.14. The van der Waals surface area contributed by atoms with Crippen LogP contribution < -0.4 is 4.90 Å². The van der Waals surface area contributed by atoms with E-state index < -0.39 is 15.8 Å². The highest BCUT2D eigenvalue weighted by Crippen LogP contribution is 2.36. The molecule has 0 radical (unpaired) electrons. The minimum atomic E-state index is -4.00. The second kappa shape index (κ2) is 7.64. The number of nitrogens with one attached hydrogen (secondary N) is 1. The summed E-state index contributed by atoms with van der Waals surface area (Å²) in [6, 6.07) is 12.6. The molecule has 1 fully saturated rings.